The van der Waals surface area contributed by atoms with Crippen LogP contribution < -0.4 is 0 Å². The van der Waals surface area contributed by atoms with E-state index in [2.05, 4.69) is 11.1 Å². The highest BCUT2D eigenvalue weighted by molar-refractivity contribution is 6.32. The van der Waals surface area contributed by atoms with Gasteiger partial charge in [-0.05, 0) is 42.7 Å². The van der Waals surface area contributed by atoms with Crippen molar-refractivity contribution in [2.24, 2.45) is 0 Å². The first-order chi connectivity index (χ1) is 8.11. The molecule has 2 nitrogen and oxygen atoms in total. The van der Waals surface area contributed by atoms with Gasteiger partial charge < -0.3 is 0 Å². The Bertz CT molecular complexity index is 615. The summed E-state index contributed by atoms with van der Waals surface area (Å²) < 4.78 is 0. The molecule has 0 amide bonds. The molecule has 0 saturated carbocycles. The molecule has 0 saturated heterocycles. The molecule has 1 aromatic carbocycles. The molecule has 2 rings (SSSR count). The standard InChI is InChI=1S/C13H10Cl2N2/c1-8-5-12-10(7-11(8)14)6-9(3-2-4-16)13(15)17-12/h5-7H,2-3H2,1H3. The number of aryl methyl sites for hydroxylation is 2. The van der Waals surface area contributed by atoms with Crippen LogP contribution in [0.5, 0.6) is 0 Å². The van der Waals surface area contributed by atoms with Crippen molar-refractivity contribution < 1.29 is 0 Å². The number of nitriles is 1. The minimum absolute atomic E-state index is 0.437. The van der Waals surface area contributed by atoms with Crippen LogP contribution in [0.3, 0.4) is 0 Å². The first kappa shape index (κ1) is 12.2. The molecule has 86 valence electrons. The molecule has 0 spiro atoms. The third-order valence-corrected chi connectivity index (χ3v) is 3.36. The SMILES string of the molecule is Cc1cc2nc(Cl)c(CCC#N)cc2cc1Cl. The second-order valence-corrected chi connectivity index (χ2v) is 4.66. The van der Waals surface area contributed by atoms with E-state index in [9.17, 15) is 0 Å². The van der Waals surface area contributed by atoms with Crippen LogP contribution in [0.2, 0.25) is 10.2 Å². The van der Waals surface area contributed by atoms with Gasteiger partial charge >= 0.3 is 0 Å². The topological polar surface area (TPSA) is 36.7 Å². The van der Waals surface area contributed by atoms with Crippen molar-refractivity contribution in [3.8, 4) is 6.07 Å². The highest BCUT2D eigenvalue weighted by Gasteiger charge is 2.06. The molecule has 0 atom stereocenters. The first-order valence-corrected chi connectivity index (χ1v) is 5.99. The monoisotopic (exact) mass is 264 g/mol. The summed E-state index contributed by atoms with van der Waals surface area (Å²) in [4.78, 5) is 4.33. The van der Waals surface area contributed by atoms with Crippen LogP contribution in [0, 0.1) is 18.3 Å². The van der Waals surface area contributed by atoms with E-state index in [4.69, 9.17) is 28.5 Å². The zero-order valence-corrected chi connectivity index (χ0v) is 10.8. The van der Waals surface area contributed by atoms with Crippen molar-refractivity contribution in [1.29, 1.82) is 5.26 Å². The van der Waals surface area contributed by atoms with E-state index in [0.717, 1.165) is 22.0 Å². The second-order valence-electron chi connectivity index (χ2n) is 3.89. The molecule has 0 radical (unpaired) electrons. The van der Waals surface area contributed by atoms with Crippen molar-refractivity contribution in [3.63, 3.8) is 0 Å². The average Bonchev–Trinajstić information content (AvgIpc) is 2.29. The Hall–Kier alpha value is -1.30. The fourth-order valence-corrected chi connectivity index (χ4v) is 2.10. The lowest BCUT2D eigenvalue weighted by Crippen LogP contribution is -1.91. The van der Waals surface area contributed by atoms with E-state index in [1.165, 1.54) is 0 Å². The summed E-state index contributed by atoms with van der Waals surface area (Å²) in [6.45, 7) is 1.93. The average molecular weight is 265 g/mol. The summed E-state index contributed by atoms with van der Waals surface area (Å²) >= 11 is 12.1. The number of pyridine rings is 1. The lowest BCUT2D eigenvalue weighted by Gasteiger charge is -2.06. The van der Waals surface area contributed by atoms with Crippen LogP contribution in [0.15, 0.2) is 18.2 Å². The Morgan fingerprint density at radius 2 is 2.06 bits per heavy atom. The van der Waals surface area contributed by atoms with E-state index in [1.807, 2.05) is 25.1 Å². The highest BCUT2D eigenvalue weighted by Crippen LogP contribution is 2.26. The summed E-state index contributed by atoms with van der Waals surface area (Å²) in [7, 11) is 0. The van der Waals surface area contributed by atoms with E-state index in [1.54, 1.807) is 0 Å². The number of hydrogen-bond acceptors (Lipinski definition) is 2. The Morgan fingerprint density at radius 3 is 2.76 bits per heavy atom. The molecule has 2 aromatic rings. The molecular formula is C13H10Cl2N2. The van der Waals surface area contributed by atoms with Gasteiger partial charge in [0.2, 0.25) is 0 Å². The predicted octanol–water partition coefficient (Wildman–Crippen LogP) is 4.31. The summed E-state index contributed by atoms with van der Waals surface area (Å²) in [5.41, 5.74) is 2.70. The summed E-state index contributed by atoms with van der Waals surface area (Å²) in [5, 5.41) is 10.7. The minimum Gasteiger partial charge on any atom is -0.236 e. The van der Waals surface area contributed by atoms with Crippen LogP contribution in [-0.4, -0.2) is 4.98 Å². The summed E-state index contributed by atoms with van der Waals surface area (Å²) in [6, 6.07) is 7.85. The maximum Gasteiger partial charge on any atom is 0.133 e. The molecule has 0 aliphatic heterocycles. The quantitative estimate of drug-likeness (QED) is 0.759. The maximum atomic E-state index is 8.58. The van der Waals surface area contributed by atoms with Crippen LogP contribution in [0.25, 0.3) is 10.9 Å². The fourth-order valence-electron chi connectivity index (χ4n) is 1.68. The largest absolute Gasteiger partial charge is 0.236 e. The summed E-state index contributed by atoms with van der Waals surface area (Å²) in [6.07, 6.45) is 1.05. The molecule has 1 aromatic heterocycles. The van der Waals surface area contributed by atoms with Gasteiger partial charge in [-0.3, -0.25) is 0 Å². The molecule has 0 aliphatic carbocycles. The zero-order chi connectivity index (χ0) is 12.4. The van der Waals surface area contributed by atoms with E-state index in [0.29, 0.717) is 23.0 Å². The number of hydrogen-bond donors (Lipinski definition) is 0. The minimum atomic E-state index is 0.437. The fraction of sp³-hybridized carbons (Fsp3) is 0.231. The van der Waals surface area contributed by atoms with Crippen LogP contribution in [0.4, 0.5) is 0 Å². The van der Waals surface area contributed by atoms with E-state index in [-0.39, 0.29) is 0 Å². The van der Waals surface area contributed by atoms with Gasteiger partial charge in [0.05, 0.1) is 11.6 Å². The third-order valence-electron chi connectivity index (χ3n) is 2.63. The molecule has 0 unspecified atom stereocenters. The lowest BCUT2D eigenvalue weighted by atomic mass is 10.1. The van der Waals surface area contributed by atoms with Gasteiger partial charge in [0.15, 0.2) is 0 Å². The molecule has 4 heteroatoms. The van der Waals surface area contributed by atoms with Gasteiger partial charge in [-0.15, -0.1) is 0 Å². The van der Waals surface area contributed by atoms with E-state index < -0.39 is 0 Å². The Morgan fingerprint density at radius 1 is 1.29 bits per heavy atom. The Balaban J connectivity index is 2.56. The van der Waals surface area contributed by atoms with Crippen molar-refractivity contribution in [3.05, 3.63) is 39.5 Å². The second kappa shape index (κ2) is 4.91. The van der Waals surface area contributed by atoms with Crippen molar-refractivity contribution in [2.45, 2.75) is 19.8 Å². The van der Waals surface area contributed by atoms with Crippen molar-refractivity contribution in [1.82, 2.24) is 4.98 Å². The van der Waals surface area contributed by atoms with Gasteiger partial charge in [-0.25, -0.2) is 4.98 Å². The molecular weight excluding hydrogens is 255 g/mol. The predicted molar refractivity (Wildman–Crippen MR) is 70.4 cm³/mol. The maximum absolute atomic E-state index is 8.58. The van der Waals surface area contributed by atoms with Crippen molar-refractivity contribution in [2.75, 3.05) is 0 Å². The smallest absolute Gasteiger partial charge is 0.133 e. The molecule has 0 bridgehead atoms. The number of fused-ring (bicyclic) bond motifs is 1. The number of benzene rings is 1. The number of nitrogens with zero attached hydrogens (tertiary/aromatic N) is 2. The molecule has 0 aliphatic rings. The normalized spacial score (nSPS) is 10.5. The van der Waals surface area contributed by atoms with Crippen LogP contribution in [0.1, 0.15) is 17.5 Å². The molecule has 17 heavy (non-hydrogen) atoms. The van der Waals surface area contributed by atoms with Gasteiger partial charge in [0.25, 0.3) is 0 Å². The number of aromatic nitrogens is 1. The lowest BCUT2D eigenvalue weighted by molar-refractivity contribution is 1.00. The first-order valence-electron chi connectivity index (χ1n) is 5.24. The number of halogens is 2. The third kappa shape index (κ3) is 2.52. The van der Waals surface area contributed by atoms with Crippen molar-refractivity contribution >= 4 is 34.1 Å². The highest BCUT2D eigenvalue weighted by atomic mass is 35.5. The van der Waals surface area contributed by atoms with E-state index >= 15 is 0 Å². The van der Waals surface area contributed by atoms with Gasteiger partial charge in [0.1, 0.15) is 5.15 Å². The van der Waals surface area contributed by atoms with Gasteiger partial charge in [0, 0.05) is 16.8 Å². The van der Waals surface area contributed by atoms with Gasteiger partial charge in [-0.2, -0.15) is 5.26 Å². The molecule has 0 fully saturated rings. The van der Waals surface area contributed by atoms with Gasteiger partial charge in [-0.1, -0.05) is 23.2 Å². The zero-order valence-electron chi connectivity index (χ0n) is 9.30. The Kier molecular flexibility index (Phi) is 3.51. The van der Waals surface area contributed by atoms with Crippen LogP contribution in [-0.2, 0) is 6.42 Å². The molecule has 0 N–H and O–H groups in total. The summed E-state index contributed by atoms with van der Waals surface area (Å²) in [5.74, 6) is 0. The van der Waals surface area contributed by atoms with Crippen LogP contribution >= 0.6 is 23.2 Å². The molecule has 1 heterocycles. The number of rotatable bonds is 2. The Labute approximate surface area is 110 Å².